The number of amides is 2. The molecule has 1 saturated heterocycles. The number of aliphatic hydroxyl groups is 1. The molecular formula is C28H39N5O5. The highest BCUT2D eigenvalue weighted by Crippen LogP contribution is 2.30. The fourth-order valence-corrected chi connectivity index (χ4v) is 4.73. The van der Waals surface area contributed by atoms with E-state index in [9.17, 15) is 14.7 Å². The third-order valence-corrected chi connectivity index (χ3v) is 6.79. The largest absolute Gasteiger partial charge is 0.490 e. The van der Waals surface area contributed by atoms with Crippen LogP contribution in [0.15, 0.2) is 24.3 Å². The molecule has 0 aliphatic carbocycles. The Balaban J connectivity index is 1.37. The maximum atomic E-state index is 13.0. The first-order chi connectivity index (χ1) is 18.0. The zero-order valence-corrected chi connectivity index (χ0v) is 23.2. The van der Waals surface area contributed by atoms with Gasteiger partial charge in [0.25, 0.3) is 5.91 Å². The van der Waals surface area contributed by atoms with Gasteiger partial charge in [-0.25, -0.2) is 9.78 Å². The molecule has 1 unspecified atom stereocenters. The Bertz CT molecular complexity index is 1180. The Labute approximate surface area is 224 Å². The van der Waals surface area contributed by atoms with Crippen LogP contribution in [-0.4, -0.2) is 80.7 Å². The fraction of sp³-hybridized carbons (Fsp3) is 0.536. The normalized spacial score (nSPS) is 18.8. The number of hydrogen-bond acceptors (Lipinski definition) is 7. The van der Waals surface area contributed by atoms with E-state index in [2.05, 4.69) is 4.98 Å². The number of fused-ring (bicyclic) bond motifs is 1. The van der Waals surface area contributed by atoms with Crippen LogP contribution in [0.4, 0.5) is 10.6 Å². The van der Waals surface area contributed by atoms with Gasteiger partial charge in [0.1, 0.15) is 23.3 Å². The van der Waals surface area contributed by atoms with Crippen molar-refractivity contribution in [2.75, 3.05) is 31.1 Å². The van der Waals surface area contributed by atoms with Crippen LogP contribution >= 0.6 is 0 Å². The Hall–Kier alpha value is -3.53. The van der Waals surface area contributed by atoms with Crippen molar-refractivity contribution in [3.63, 3.8) is 0 Å². The summed E-state index contributed by atoms with van der Waals surface area (Å²) in [6.45, 7) is 11.5. The van der Waals surface area contributed by atoms with Crippen LogP contribution in [0.1, 0.15) is 69.3 Å². The SMILES string of the molecule is CCN1C(=O)c2c(nc(/C=C/c3ccc(OC4CCN(C(=O)OC(C)(C)C)CC4)cc3)n2C)N(CC)C1O. The van der Waals surface area contributed by atoms with E-state index in [4.69, 9.17) is 9.47 Å². The molecule has 0 bridgehead atoms. The zero-order valence-electron chi connectivity index (χ0n) is 23.2. The smallest absolute Gasteiger partial charge is 0.410 e. The third kappa shape index (κ3) is 5.80. The number of rotatable bonds is 6. The lowest BCUT2D eigenvalue weighted by atomic mass is 10.1. The molecule has 206 valence electrons. The number of nitrogens with zero attached hydrogens (tertiary/aromatic N) is 5. The minimum atomic E-state index is -1.02. The van der Waals surface area contributed by atoms with Gasteiger partial charge >= 0.3 is 6.09 Å². The number of aliphatic hydroxyl groups excluding tert-OH is 1. The van der Waals surface area contributed by atoms with E-state index < -0.39 is 12.0 Å². The molecule has 10 nitrogen and oxygen atoms in total. The molecule has 1 atom stereocenters. The van der Waals surface area contributed by atoms with Crippen molar-refractivity contribution >= 4 is 30.0 Å². The molecule has 1 fully saturated rings. The van der Waals surface area contributed by atoms with Gasteiger partial charge in [-0.1, -0.05) is 18.2 Å². The molecule has 1 aromatic heterocycles. The Morgan fingerprint density at radius 1 is 1.08 bits per heavy atom. The minimum Gasteiger partial charge on any atom is -0.490 e. The van der Waals surface area contributed by atoms with Crippen LogP contribution < -0.4 is 9.64 Å². The summed E-state index contributed by atoms with van der Waals surface area (Å²) in [6, 6.07) is 7.80. The molecule has 2 aromatic rings. The molecule has 2 amide bonds. The first-order valence-corrected chi connectivity index (χ1v) is 13.3. The summed E-state index contributed by atoms with van der Waals surface area (Å²) in [4.78, 5) is 34.8. The van der Waals surface area contributed by atoms with Gasteiger partial charge in [0.2, 0.25) is 6.35 Å². The van der Waals surface area contributed by atoms with Crippen molar-refractivity contribution in [3.05, 3.63) is 41.3 Å². The van der Waals surface area contributed by atoms with E-state index in [1.807, 2.05) is 78.1 Å². The van der Waals surface area contributed by atoms with Crippen molar-refractivity contribution in [2.45, 2.75) is 65.5 Å². The number of piperidine rings is 1. The van der Waals surface area contributed by atoms with Crippen molar-refractivity contribution in [3.8, 4) is 5.75 Å². The van der Waals surface area contributed by atoms with Gasteiger partial charge in [0.15, 0.2) is 11.5 Å². The van der Waals surface area contributed by atoms with Gasteiger partial charge in [-0.2, -0.15) is 0 Å². The summed E-state index contributed by atoms with van der Waals surface area (Å²) in [5.74, 6) is 1.68. The number of anilines is 1. The van der Waals surface area contributed by atoms with E-state index in [1.54, 1.807) is 14.4 Å². The molecule has 0 spiro atoms. The Morgan fingerprint density at radius 2 is 1.71 bits per heavy atom. The summed E-state index contributed by atoms with van der Waals surface area (Å²) in [7, 11) is 1.81. The molecule has 1 aromatic carbocycles. The quantitative estimate of drug-likeness (QED) is 0.610. The highest BCUT2D eigenvalue weighted by molar-refractivity contribution is 6.00. The van der Waals surface area contributed by atoms with Crippen LogP contribution in [0, 0.1) is 0 Å². The van der Waals surface area contributed by atoms with E-state index >= 15 is 0 Å². The monoisotopic (exact) mass is 525 g/mol. The van der Waals surface area contributed by atoms with Gasteiger partial charge in [-0.3, -0.25) is 9.69 Å². The number of aromatic nitrogens is 2. The summed E-state index contributed by atoms with van der Waals surface area (Å²) >= 11 is 0. The predicted molar refractivity (Wildman–Crippen MR) is 146 cm³/mol. The highest BCUT2D eigenvalue weighted by Gasteiger charge is 2.39. The van der Waals surface area contributed by atoms with Crippen LogP contribution in [0.3, 0.4) is 0 Å². The standard InChI is InChI=1S/C28H39N5O5/c1-7-32-24-23(25(34)33(8-2)26(32)35)30(6)22(29-24)14-11-19-9-12-20(13-10-19)37-21-15-17-31(18-16-21)27(36)38-28(3,4)5/h9-14,21,26,35H,7-8,15-18H2,1-6H3/b14-11+. The first kappa shape index (κ1) is 27.5. The van der Waals surface area contributed by atoms with E-state index in [0.29, 0.717) is 43.5 Å². The van der Waals surface area contributed by atoms with E-state index in [1.165, 1.54) is 4.90 Å². The molecular weight excluding hydrogens is 486 g/mol. The van der Waals surface area contributed by atoms with Gasteiger partial charge < -0.3 is 28.9 Å². The average Bonchev–Trinajstić information content (AvgIpc) is 3.19. The van der Waals surface area contributed by atoms with E-state index in [0.717, 1.165) is 24.2 Å². The molecule has 1 N–H and O–H groups in total. The highest BCUT2D eigenvalue weighted by atomic mass is 16.6. The van der Waals surface area contributed by atoms with Crippen molar-refractivity contribution in [2.24, 2.45) is 7.05 Å². The second kappa shape index (κ2) is 11.1. The van der Waals surface area contributed by atoms with Crippen LogP contribution in [0.5, 0.6) is 5.75 Å². The lowest BCUT2D eigenvalue weighted by molar-refractivity contribution is 0.00332. The molecule has 10 heteroatoms. The average molecular weight is 526 g/mol. The topological polar surface area (TPSA) is 100 Å². The number of hydrogen-bond donors (Lipinski definition) is 1. The summed E-state index contributed by atoms with van der Waals surface area (Å²) in [5, 5.41) is 10.6. The predicted octanol–water partition coefficient (Wildman–Crippen LogP) is 3.95. The van der Waals surface area contributed by atoms with Crippen LogP contribution in [0.2, 0.25) is 0 Å². The number of ether oxygens (including phenoxy) is 2. The lowest BCUT2D eigenvalue weighted by Crippen LogP contribution is -2.55. The Morgan fingerprint density at radius 3 is 2.29 bits per heavy atom. The molecule has 4 rings (SSSR count). The number of likely N-dealkylation sites (tertiary alicyclic amines) is 1. The van der Waals surface area contributed by atoms with Gasteiger partial charge in [0, 0.05) is 46.1 Å². The minimum absolute atomic E-state index is 0.0473. The van der Waals surface area contributed by atoms with Crippen LogP contribution in [-0.2, 0) is 11.8 Å². The van der Waals surface area contributed by atoms with Gasteiger partial charge in [-0.15, -0.1) is 0 Å². The van der Waals surface area contributed by atoms with Gasteiger partial charge in [-0.05, 0) is 58.4 Å². The van der Waals surface area contributed by atoms with Gasteiger partial charge in [0.05, 0.1) is 0 Å². The second-order valence-electron chi connectivity index (χ2n) is 10.6. The number of carbonyl (C=O) groups excluding carboxylic acids is 2. The van der Waals surface area contributed by atoms with Crippen LogP contribution in [0.25, 0.3) is 12.2 Å². The molecule has 0 radical (unpaired) electrons. The molecule has 2 aliphatic rings. The van der Waals surface area contributed by atoms with Crippen molar-refractivity contribution in [1.29, 1.82) is 0 Å². The van der Waals surface area contributed by atoms with Crippen molar-refractivity contribution < 1.29 is 24.2 Å². The fourth-order valence-electron chi connectivity index (χ4n) is 4.73. The lowest BCUT2D eigenvalue weighted by Gasteiger charge is -2.39. The summed E-state index contributed by atoms with van der Waals surface area (Å²) in [5.41, 5.74) is 0.939. The van der Waals surface area contributed by atoms with E-state index in [-0.39, 0.29) is 18.1 Å². The number of benzene rings is 1. The summed E-state index contributed by atoms with van der Waals surface area (Å²) in [6.07, 6.45) is 4.06. The second-order valence-corrected chi connectivity index (χ2v) is 10.6. The molecule has 38 heavy (non-hydrogen) atoms. The maximum absolute atomic E-state index is 13.0. The number of imidazole rings is 1. The first-order valence-electron chi connectivity index (χ1n) is 13.3. The third-order valence-electron chi connectivity index (χ3n) is 6.79. The Kier molecular flexibility index (Phi) is 8.01. The van der Waals surface area contributed by atoms with Crippen molar-refractivity contribution in [1.82, 2.24) is 19.4 Å². The molecule has 3 heterocycles. The summed E-state index contributed by atoms with van der Waals surface area (Å²) < 4.78 is 13.4. The zero-order chi connectivity index (χ0) is 27.6. The molecule has 2 aliphatic heterocycles. The maximum Gasteiger partial charge on any atom is 0.410 e. The molecule has 0 saturated carbocycles. The number of carbonyl (C=O) groups is 2.